The summed E-state index contributed by atoms with van der Waals surface area (Å²) in [5, 5.41) is 8.82. The van der Waals surface area contributed by atoms with Crippen molar-refractivity contribution in [3.8, 4) is 0 Å². The molecule has 1 fully saturated rings. The molecule has 0 radical (unpaired) electrons. The number of carbonyl (C=O) groups excluding carboxylic acids is 4. The predicted octanol–water partition coefficient (Wildman–Crippen LogP) is 4.43. The van der Waals surface area contributed by atoms with Gasteiger partial charge >= 0.3 is 0 Å². The number of unbranched alkanes of at least 4 members (excludes halogenated alkanes) is 1. The van der Waals surface area contributed by atoms with Crippen LogP contribution >= 0.6 is 37.5 Å². The summed E-state index contributed by atoms with van der Waals surface area (Å²) in [7, 11) is 3.86. The highest BCUT2D eigenvalue weighted by Crippen LogP contribution is 2.39. The quantitative estimate of drug-likeness (QED) is 0.156. The maximum absolute atomic E-state index is 13.2. The number of hydrogen-bond acceptors (Lipinski definition) is 6. The van der Waals surface area contributed by atoms with Crippen LogP contribution in [0.4, 0.5) is 0 Å². The molecule has 10 heteroatoms. The fourth-order valence-corrected chi connectivity index (χ4v) is 7.23. The van der Waals surface area contributed by atoms with Crippen molar-refractivity contribution in [2.45, 2.75) is 83.1 Å². The van der Waals surface area contributed by atoms with Crippen molar-refractivity contribution in [3.63, 3.8) is 0 Å². The molecule has 0 saturated carbocycles. The minimum atomic E-state index is -1.03. The number of amides is 3. The third-order valence-corrected chi connectivity index (χ3v) is 9.35. The van der Waals surface area contributed by atoms with Crippen LogP contribution in [-0.4, -0.2) is 53.1 Å². The summed E-state index contributed by atoms with van der Waals surface area (Å²) in [5.41, 5.74) is 0.810. The second-order valence-corrected chi connectivity index (χ2v) is 13.1. The van der Waals surface area contributed by atoms with Crippen LogP contribution < -0.4 is 16.0 Å². The summed E-state index contributed by atoms with van der Waals surface area (Å²) in [5.74, 6) is -0.691. The largest absolute Gasteiger partial charge is 0.350 e. The number of likely N-dealkylation sites (N-methyl/N-ethyl adjacent to an activating group) is 1. The van der Waals surface area contributed by atoms with Crippen LogP contribution in [0.25, 0.3) is 0 Å². The fourth-order valence-electron chi connectivity index (χ4n) is 3.94. The first-order valence-electron chi connectivity index (χ1n) is 12.6. The van der Waals surface area contributed by atoms with Crippen molar-refractivity contribution >= 4 is 61.0 Å². The summed E-state index contributed by atoms with van der Waals surface area (Å²) in [4.78, 5) is 51.0. The molecule has 1 aromatic rings. The highest BCUT2D eigenvalue weighted by atomic mass is 79.9. The van der Waals surface area contributed by atoms with E-state index in [-0.39, 0.29) is 18.2 Å². The molecule has 0 spiro atoms. The van der Waals surface area contributed by atoms with Crippen molar-refractivity contribution in [3.05, 3.63) is 34.3 Å². The Hall–Kier alpha value is -1.52. The summed E-state index contributed by atoms with van der Waals surface area (Å²) in [6.07, 6.45) is 5.10. The molecule has 1 unspecified atom stereocenters. The van der Waals surface area contributed by atoms with E-state index in [9.17, 15) is 19.2 Å². The lowest BCUT2D eigenvalue weighted by molar-refractivity contribution is -0.140. The molecule has 0 aliphatic carbocycles. The van der Waals surface area contributed by atoms with Crippen molar-refractivity contribution in [1.29, 1.82) is 0 Å². The Morgan fingerprint density at radius 2 is 1.78 bits per heavy atom. The summed E-state index contributed by atoms with van der Waals surface area (Å²) in [6.45, 7) is 5.99. The number of benzene rings is 1. The molecule has 0 bridgehead atoms. The molecule has 1 aliphatic heterocycles. The predicted molar refractivity (Wildman–Crippen MR) is 152 cm³/mol. The smallest absolute Gasteiger partial charge is 0.289 e. The van der Waals surface area contributed by atoms with Gasteiger partial charge in [-0.15, -0.1) is 0 Å². The Labute approximate surface area is 231 Å². The monoisotopic (exact) mass is 599 g/mol. The van der Waals surface area contributed by atoms with Gasteiger partial charge in [-0.3, -0.25) is 19.2 Å². The van der Waals surface area contributed by atoms with E-state index >= 15 is 0 Å². The van der Waals surface area contributed by atoms with Crippen molar-refractivity contribution in [1.82, 2.24) is 16.0 Å². The van der Waals surface area contributed by atoms with Gasteiger partial charge in [0.15, 0.2) is 0 Å². The van der Waals surface area contributed by atoms with E-state index in [2.05, 4.69) is 31.9 Å². The van der Waals surface area contributed by atoms with Crippen molar-refractivity contribution < 1.29 is 19.2 Å². The number of carbonyl (C=O) groups is 4. The molecule has 3 N–H and O–H groups in total. The maximum Gasteiger partial charge on any atom is 0.289 e. The number of halogens is 1. The van der Waals surface area contributed by atoms with Crippen LogP contribution in [0, 0.1) is 5.92 Å². The van der Waals surface area contributed by atoms with E-state index in [0.717, 1.165) is 29.3 Å². The highest BCUT2D eigenvalue weighted by molar-refractivity contribution is 9.10. The number of ketones is 1. The molecule has 3 amide bonds. The summed E-state index contributed by atoms with van der Waals surface area (Å²) in [6, 6.07) is 5.56. The van der Waals surface area contributed by atoms with Crippen LogP contribution in [-0.2, 0) is 25.6 Å². The summed E-state index contributed by atoms with van der Waals surface area (Å²) >= 11 is 3.39. The minimum Gasteiger partial charge on any atom is -0.350 e. The van der Waals surface area contributed by atoms with Crippen LogP contribution in [0.2, 0.25) is 0 Å². The Bertz CT molecular complexity index is 876. The molecule has 7 nitrogen and oxygen atoms in total. The highest BCUT2D eigenvalue weighted by Gasteiger charge is 2.30. The Morgan fingerprint density at radius 1 is 1.06 bits per heavy atom. The van der Waals surface area contributed by atoms with Gasteiger partial charge < -0.3 is 16.0 Å². The molecule has 1 heterocycles. The SMILES string of the molecule is CCNC(=O)C(=O)[C@@H](Cc1ccc(Br)cc1)NC(=O)[C@H](CC(C)C)NC(=O)CCCCC1CCSS1. The van der Waals surface area contributed by atoms with Gasteiger partial charge in [-0.1, -0.05) is 69.9 Å². The molecule has 1 aliphatic rings. The molecular weight excluding hydrogens is 562 g/mol. The maximum atomic E-state index is 13.2. The van der Waals surface area contributed by atoms with Gasteiger partial charge in [0.2, 0.25) is 17.6 Å². The standard InChI is InChI=1S/C26H38BrN3O4S2/c1-4-28-26(34)24(32)21(16-18-9-11-19(27)12-10-18)30-25(33)22(15-17(2)3)29-23(31)8-6-5-7-20-13-14-35-36-20/h9-12,17,20-22H,4-8,13-16H2,1-3H3,(H,28,34)(H,29,31)(H,30,33)/t20?,21-,22+/m1/s1. The minimum absolute atomic E-state index is 0.155. The van der Waals surface area contributed by atoms with Crippen LogP contribution in [0.3, 0.4) is 0 Å². The first kappa shape index (κ1) is 30.7. The van der Waals surface area contributed by atoms with Gasteiger partial charge in [-0.05, 0) is 56.2 Å². The zero-order valence-electron chi connectivity index (χ0n) is 21.3. The lowest BCUT2D eigenvalue weighted by atomic mass is 9.99. The first-order chi connectivity index (χ1) is 17.2. The number of hydrogen-bond donors (Lipinski definition) is 3. The third kappa shape index (κ3) is 11.3. The van der Waals surface area contributed by atoms with Crippen molar-refractivity contribution in [2.75, 3.05) is 12.3 Å². The van der Waals surface area contributed by atoms with E-state index in [0.29, 0.717) is 24.6 Å². The molecule has 3 atom stereocenters. The van der Waals surface area contributed by atoms with Gasteiger partial charge in [0.05, 0.1) is 0 Å². The van der Waals surface area contributed by atoms with E-state index in [1.807, 2.05) is 59.7 Å². The average Bonchev–Trinajstić information content (AvgIpc) is 3.35. The molecule has 2 rings (SSSR count). The van der Waals surface area contributed by atoms with E-state index in [1.165, 1.54) is 12.2 Å². The second-order valence-electron chi connectivity index (χ2n) is 9.44. The molecule has 1 saturated heterocycles. The van der Waals surface area contributed by atoms with E-state index < -0.39 is 29.7 Å². The summed E-state index contributed by atoms with van der Waals surface area (Å²) < 4.78 is 0.891. The van der Waals surface area contributed by atoms with Crippen molar-refractivity contribution in [2.24, 2.45) is 5.92 Å². The van der Waals surface area contributed by atoms with Crippen LogP contribution in [0.1, 0.15) is 64.9 Å². The van der Waals surface area contributed by atoms with E-state index in [4.69, 9.17) is 0 Å². The Kier molecular flexibility index (Phi) is 13.9. The fraction of sp³-hybridized carbons (Fsp3) is 0.615. The molecule has 0 aromatic heterocycles. The second kappa shape index (κ2) is 16.3. The average molecular weight is 601 g/mol. The van der Waals surface area contributed by atoms with Crippen LogP contribution in [0.15, 0.2) is 28.7 Å². The van der Waals surface area contributed by atoms with Crippen LogP contribution in [0.5, 0.6) is 0 Å². The van der Waals surface area contributed by atoms with Gasteiger partial charge in [-0.25, -0.2) is 0 Å². The lowest BCUT2D eigenvalue weighted by Gasteiger charge is -2.24. The number of rotatable bonds is 15. The number of nitrogens with one attached hydrogen (secondary N) is 3. The topological polar surface area (TPSA) is 104 Å². The van der Waals surface area contributed by atoms with E-state index in [1.54, 1.807) is 6.92 Å². The Balaban J connectivity index is 2.01. The zero-order chi connectivity index (χ0) is 26.5. The Morgan fingerprint density at radius 3 is 2.39 bits per heavy atom. The third-order valence-electron chi connectivity index (χ3n) is 5.81. The number of Topliss-reactive ketones (excluding diaryl/α,β-unsaturated/α-hetero) is 1. The van der Waals surface area contributed by atoms with Gasteiger partial charge in [0.25, 0.3) is 5.91 Å². The molecule has 36 heavy (non-hydrogen) atoms. The molecule has 1 aromatic carbocycles. The zero-order valence-corrected chi connectivity index (χ0v) is 24.5. The van der Waals surface area contributed by atoms with Gasteiger partial charge in [-0.2, -0.15) is 0 Å². The van der Waals surface area contributed by atoms with Gasteiger partial charge in [0, 0.05) is 34.9 Å². The first-order valence-corrected chi connectivity index (χ1v) is 15.8. The molecular formula is C26H38BrN3O4S2. The lowest BCUT2D eigenvalue weighted by Crippen LogP contribution is -2.54. The normalized spacial score (nSPS) is 16.9. The van der Waals surface area contributed by atoms with Gasteiger partial charge in [0.1, 0.15) is 12.1 Å². The molecule has 200 valence electrons.